The van der Waals surface area contributed by atoms with Gasteiger partial charge < -0.3 is 0 Å². The van der Waals surface area contributed by atoms with E-state index in [1.54, 1.807) is 0 Å². The molecule has 0 radical (unpaired) electrons. The highest BCUT2D eigenvalue weighted by Gasteiger charge is 1.88. The molecule has 0 aliphatic heterocycles. The minimum atomic E-state index is 0.639. The molecule has 0 aromatic carbocycles. The van der Waals surface area contributed by atoms with Crippen molar-refractivity contribution >= 4 is 0 Å². The van der Waals surface area contributed by atoms with Crippen LogP contribution in [0.25, 0.3) is 0 Å². The lowest BCUT2D eigenvalue weighted by Gasteiger charge is -1.97. The van der Waals surface area contributed by atoms with Gasteiger partial charge in [-0.15, -0.1) is 0 Å². The lowest BCUT2D eigenvalue weighted by atomic mass is 10.1. The van der Waals surface area contributed by atoms with Crippen molar-refractivity contribution in [3.05, 3.63) is 23.3 Å². The number of nitriles is 1. The van der Waals surface area contributed by atoms with E-state index in [0.717, 1.165) is 19.3 Å². The third-order valence-corrected chi connectivity index (χ3v) is 1.84. The van der Waals surface area contributed by atoms with Crippen LogP contribution in [0.5, 0.6) is 0 Å². The molecule has 0 amide bonds. The van der Waals surface area contributed by atoms with E-state index in [4.69, 9.17) is 5.26 Å². The Morgan fingerprint density at radius 2 is 1.85 bits per heavy atom. The van der Waals surface area contributed by atoms with E-state index in [1.807, 2.05) is 0 Å². The fraction of sp³-hybridized carbons (Fsp3) is 0.583. The highest BCUT2D eigenvalue weighted by molar-refractivity contribution is 5.02. The first kappa shape index (κ1) is 12.0. The maximum atomic E-state index is 8.34. The van der Waals surface area contributed by atoms with Gasteiger partial charge in [-0.05, 0) is 40.0 Å². The fourth-order valence-electron chi connectivity index (χ4n) is 1.07. The van der Waals surface area contributed by atoms with E-state index in [2.05, 4.69) is 39.0 Å². The molecule has 0 aromatic heterocycles. The molecule has 13 heavy (non-hydrogen) atoms. The second-order valence-electron chi connectivity index (χ2n) is 3.57. The van der Waals surface area contributed by atoms with Crippen molar-refractivity contribution in [2.75, 3.05) is 0 Å². The maximum Gasteiger partial charge on any atom is 0.0625 e. The summed E-state index contributed by atoms with van der Waals surface area (Å²) < 4.78 is 0. The monoisotopic (exact) mass is 177 g/mol. The van der Waals surface area contributed by atoms with Crippen LogP contribution in [0.3, 0.4) is 0 Å². The quantitative estimate of drug-likeness (QED) is 0.460. The molecule has 0 heterocycles. The number of hydrogen-bond acceptors (Lipinski definition) is 1. The average molecular weight is 177 g/mol. The van der Waals surface area contributed by atoms with Gasteiger partial charge in [0.05, 0.1) is 6.07 Å². The van der Waals surface area contributed by atoms with Crippen LogP contribution in [0.2, 0.25) is 0 Å². The predicted octanol–water partition coefficient (Wildman–Crippen LogP) is 3.98. The topological polar surface area (TPSA) is 23.8 Å². The molecule has 0 saturated heterocycles. The van der Waals surface area contributed by atoms with Crippen LogP contribution in [0.4, 0.5) is 0 Å². The van der Waals surface area contributed by atoms with Crippen LogP contribution in [0.15, 0.2) is 23.3 Å². The summed E-state index contributed by atoms with van der Waals surface area (Å²) in [6.07, 6.45) is 8.20. The van der Waals surface area contributed by atoms with Gasteiger partial charge in [0.15, 0.2) is 0 Å². The van der Waals surface area contributed by atoms with Crippen LogP contribution < -0.4 is 0 Å². The van der Waals surface area contributed by atoms with Crippen LogP contribution in [-0.2, 0) is 0 Å². The van der Waals surface area contributed by atoms with Gasteiger partial charge in [0.1, 0.15) is 0 Å². The number of rotatable bonds is 5. The first-order valence-corrected chi connectivity index (χ1v) is 4.82. The zero-order valence-corrected chi connectivity index (χ0v) is 8.93. The molecule has 0 saturated carbocycles. The Hall–Kier alpha value is -1.03. The molecule has 0 aromatic rings. The highest BCUT2D eigenvalue weighted by atomic mass is 14.2. The molecule has 0 atom stereocenters. The van der Waals surface area contributed by atoms with Gasteiger partial charge in [0.25, 0.3) is 0 Å². The summed E-state index contributed by atoms with van der Waals surface area (Å²) in [4.78, 5) is 0. The van der Waals surface area contributed by atoms with E-state index in [0.29, 0.717) is 6.42 Å². The smallest absolute Gasteiger partial charge is 0.0625 e. The Balaban J connectivity index is 3.62. The van der Waals surface area contributed by atoms with Gasteiger partial charge in [-0.25, -0.2) is 0 Å². The lowest BCUT2D eigenvalue weighted by Crippen LogP contribution is -1.77. The Labute approximate surface area is 81.8 Å². The fourth-order valence-corrected chi connectivity index (χ4v) is 1.07. The summed E-state index contributed by atoms with van der Waals surface area (Å²) in [5, 5.41) is 8.34. The lowest BCUT2D eigenvalue weighted by molar-refractivity contribution is 0.939. The number of unbranched alkanes of at least 4 members (excludes halogenated alkanes) is 1. The molecule has 0 aliphatic rings. The molecule has 0 unspecified atom stereocenters. The Bertz CT molecular complexity index is 224. The van der Waals surface area contributed by atoms with Crippen molar-refractivity contribution < 1.29 is 0 Å². The standard InChI is InChI=1S/C12H19N/c1-11(2)7-6-9-12(3)8-4-5-10-13/h7-8H,4-6,9H2,1-3H3/b12-8+. The second kappa shape index (κ2) is 7.61. The van der Waals surface area contributed by atoms with Gasteiger partial charge in [0, 0.05) is 6.42 Å². The number of allylic oxidation sites excluding steroid dienone is 4. The Morgan fingerprint density at radius 1 is 1.15 bits per heavy atom. The average Bonchev–Trinajstić information content (AvgIpc) is 2.04. The molecule has 72 valence electrons. The summed E-state index contributed by atoms with van der Waals surface area (Å²) in [6.45, 7) is 6.37. The van der Waals surface area contributed by atoms with Gasteiger partial charge in [-0.2, -0.15) is 5.26 Å². The van der Waals surface area contributed by atoms with Crippen molar-refractivity contribution in [2.24, 2.45) is 0 Å². The zero-order chi connectivity index (χ0) is 10.1. The molecular weight excluding hydrogens is 158 g/mol. The summed E-state index contributed by atoms with van der Waals surface area (Å²) in [6, 6.07) is 2.14. The summed E-state index contributed by atoms with van der Waals surface area (Å²) in [7, 11) is 0. The second-order valence-corrected chi connectivity index (χ2v) is 3.57. The van der Waals surface area contributed by atoms with Crippen molar-refractivity contribution in [3.63, 3.8) is 0 Å². The van der Waals surface area contributed by atoms with E-state index < -0.39 is 0 Å². The minimum absolute atomic E-state index is 0.639. The van der Waals surface area contributed by atoms with E-state index in [-0.39, 0.29) is 0 Å². The number of nitrogens with zero attached hydrogens (tertiary/aromatic N) is 1. The first-order chi connectivity index (χ1) is 6.16. The molecule has 1 nitrogen and oxygen atoms in total. The predicted molar refractivity (Wildman–Crippen MR) is 57.3 cm³/mol. The minimum Gasteiger partial charge on any atom is -0.198 e. The van der Waals surface area contributed by atoms with Crippen LogP contribution in [0.1, 0.15) is 46.5 Å². The largest absolute Gasteiger partial charge is 0.198 e. The Kier molecular flexibility index (Phi) is 7.01. The molecule has 0 spiro atoms. The maximum absolute atomic E-state index is 8.34. The molecule has 0 aliphatic carbocycles. The van der Waals surface area contributed by atoms with Crippen LogP contribution in [-0.4, -0.2) is 0 Å². The van der Waals surface area contributed by atoms with E-state index in [9.17, 15) is 0 Å². The van der Waals surface area contributed by atoms with Crippen LogP contribution in [0, 0.1) is 11.3 Å². The molecule has 1 heteroatoms. The molecule has 0 N–H and O–H groups in total. The molecule has 0 bridgehead atoms. The van der Waals surface area contributed by atoms with Gasteiger partial charge >= 0.3 is 0 Å². The summed E-state index contributed by atoms with van der Waals surface area (Å²) in [5.74, 6) is 0. The van der Waals surface area contributed by atoms with Gasteiger partial charge in [-0.1, -0.05) is 23.3 Å². The van der Waals surface area contributed by atoms with E-state index >= 15 is 0 Å². The zero-order valence-electron chi connectivity index (χ0n) is 8.93. The van der Waals surface area contributed by atoms with Crippen molar-refractivity contribution in [1.82, 2.24) is 0 Å². The van der Waals surface area contributed by atoms with E-state index in [1.165, 1.54) is 11.1 Å². The third kappa shape index (κ3) is 8.88. The highest BCUT2D eigenvalue weighted by Crippen LogP contribution is 2.07. The summed E-state index contributed by atoms with van der Waals surface area (Å²) >= 11 is 0. The SMILES string of the molecule is CC(C)=CCC/C(C)=C/CCC#N. The molecule has 0 rings (SSSR count). The van der Waals surface area contributed by atoms with Gasteiger partial charge in [-0.3, -0.25) is 0 Å². The number of hydrogen-bond donors (Lipinski definition) is 0. The van der Waals surface area contributed by atoms with Gasteiger partial charge in [0.2, 0.25) is 0 Å². The first-order valence-electron chi connectivity index (χ1n) is 4.82. The third-order valence-electron chi connectivity index (χ3n) is 1.84. The normalized spacial score (nSPS) is 10.8. The Morgan fingerprint density at radius 3 is 2.38 bits per heavy atom. The van der Waals surface area contributed by atoms with Crippen LogP contribution >= 0.6 is 0 Å². The molecule has 0 fully saturated rings. The van der Waals surface area contributed by atoms with Crippen molar-refractivity contribution in [1.29, 1.82) is 5.26 Å². The van der Waals surface area contributed by atoms with Crippen molar-refractivity contribution in [3.8, 4) is 6.07 Å². The van der Waals surface area contributed by atoms with Crippen molar-refractivity contribution in [2.45, 2.75) is 46.5 Å². The summed E-state index contributed by atoms with van der Waals surface area (Å²) in [5.41, 5.74) is 2.78. The molecular formula is C12H19N.